The smallest absolute Gasteiger partial charge is 0.252 e. The molecule has 6 nitrogen and oxygen atoms in total. The molecular weight excluding hydrogens is 365 g/mol. The van der Waals surface area contributed by atoms with Crippen LogP contribution in [0.4, 0.5) is 0 Å². The molecule has 0 radical (unpaired) electrons. The number of hydrogen-bond donors (Lipinski definition) is 2. The lowest BCUT2D eigenvalue weighted by molar-refractivity contribution is -0.129. The lowest BCUT2D eigenvalue weighted by atomic mass is 10.1. The van der Waals surface area contributed by atoms with Crippen LogP contribution in [-0.4, -0.2) is 48.3 Å². The summed E-state index contributed by atoms with van der Waals surface area (Å²) >= 11 is 11.8. The lowest BCUT2D eigenvalue weighted by Gasteiger charge is -2.20. The zero-order valence-electron chi connectivity index (χ0n) is 14.1. The Morgan fingerprint density at radius 2 is 1.92 bits per heavy atom. The molecule has 1 aliphatic rings. The molecule has 1 fully saturated rings. The topological polar surface area (TPSA) is 78.5 Å². The molecule has 2 N–H and O–H groups in total. The molecule has 0 saturated carbocycles. The fraction of sp³-hybridized carbons (Fsp3) is 0.471. The van der Waals surface area contributed by atoms with Crippen LogP contribution in [0.5, 0.6) is 0 Å². The van der Waals surface area contributed by atoms with Crippen LogP contribution in [0, 0.1) is 5.92 Å². The summed E-state index contributed by atoms with van der Waals surface area (Å²) < 4.78 is 0. The fourth-order valence-electron chi connectivity index (χ4n) is 2.68. The number of carbonyl (C=O) groups is 3. The average molecular weight is 386 g/mol. The second-order valence-electron chi connectivity index (χ2n) is 6.21. The van der Waals surface area contributed by atoms with Crippen LogP contribution in [0.3, 0.4) is 0 Å². The molecule has 8 heteroatoms. The monoisotopic (exact) mass is 385 g/mol. The minimum Gasteiger partial charge on any atom is -0.354 e. The molecule has 1 aliphatic heterocycles. The summed E-state index contributed by atoms with van der Waals surface area (Å²) in [6, 6.07) is 4.72. The van der Waals surface area contributed by atoms with Crippen molar-refractivity contribution in [1.29, 1.82) is 0 Å². The Morgan fingerprint density at radius 3 is 2.52 bits per heavy atom. The minimum atomic E-state index is -0.337. The van der Waals surface area contributed by atoms with Crippen LogP contribution < -0.4 is 10.6 Å². The Balaban J connectivity index is 1.75. The van der Waals surface area contributed by atoms with E-state index in [1.807, 2.05) is 13.8 Å². The molecule has 136 valence electrons. The number of nitrogens with one attached hydrogen (secondary N) is 2. The van der Waals surface area contributed by atoms with E-state index in [-0.39, 0.29) is 54.2 Å². The van der Waals surface area contributed by atoms with E-state index < -0.39 is 0 Å². The Kier molecular flexibility index (Phi) is 6.67. The third-order valence-electron chi connectivity index (χ3n) is 4.04. The highest BCUT2D eigenvalue weighted by Gasteiger charge is 2.35. The van der Waals surface area contributed by atoms with Crippen LogP contribution in [-0.2, 0) is 9.59 Å². The van der Waals surface area contributed by atoms with E-state index in [9.17, 15) is 14.4 Å². The predicted molar refractivity (Wildman–Crippen MR) is 96.8 cm³/mol. The quantitative estimate of drug-likeness (QED) is 0.735. The fourth-order valence-corrected chi connectivity index (χ4v) is 3.18. The van der Waals surface area contributed by atoms with Gasteiger partial charge in [-0.15, -0.1) is 0 Å². The van der Waals surface area contributed by atoms with Gasteiger partial charge in [0.05, 0.1) is 16.5 Å². The van der Waals surface area contributed by atoms with E-state index in [2.05, 4.69) is 10.6 Å². The van der Waals surface area contributed by atoms with Crippen molar-refractivity contribution >= 4 is 40.9 Å². The van der Waals surface area contributed by atoms with Crippen molar-refractivity contribution in [3.05, 3.63) is 33.8 Å². The Bertz CT molecular complexity index is 679. The molecule has 1 saturated heterocycles. The van der Waals surface area contributed by atoms with Gasteiger partial charge in [0, 0.05) is 37.1 Å². The largest absolute Gasteiger partial charge is 0.354 e. The standard InChI is InChI=1S/C17H21Cl2N3O3/c1-10(2)22-9-11(7-15(22)23)16(24)20-5-6-21-17(25)13-4-3-12(18)8-14(13)19/h3-4,8,10-11H,5-7,9H2,1-2H3,(H,20,24)(H,21,25). The van der Waals surface area contributed by atoms with Gasteiger partial charge in [0.15, 0.2) is 0 Å². The summed E-state index contributed by atoms with van der Waals surface area (Å²) in [7, 11) is 0. The number of rotatable bonds is 6. The Hall–Kier alpha value is -1.79. The number of benzene rings is 1. The van der Waals surface area contributed by atoms with Crippen LogP contribution in [0.2, 0.25) is 10.0 Å². The normalized spacial score (nSPS) is 17.1. The zero-order valence-corrected chi connectivity index (χ0v) is 15.7. The highest BCUT2D eigenvalue weighted by molar-refractivity contribution is 6.36. The first-order valence-electron chi connectivity index (χ1n) is 8.10. The maximum atomic E-state index is 12.1. The lowest BCUT2D eigenvalue weighted by Crippen LogP contribution is -2.39. The van der Waals surface area contributed by atoms with Gasteiger partial charge in [0.25, 0.3) is 5.91 Å². The third kappa shape index (κ3) is 5.09. The van der Waals surface area contributed by atoms with Gasteiger partial charge >= 0.3 is 0 Å². The first-order chi connectivity index (χ1) is 11.8. The van der Waals surface area contributed by atoms with E-state index >= 15 is 0 Å². The summed E-state index contributed by atoms with van der Waals surface area (Å²) in [6.07, 6.45) is 0.233. The minimum absolute atomic E-state index is 0.000771. The van der Waals surface area contributed by atoms with Gasteiger partial charge in [0.1, 0.15) is 0 Å². The van der Waals surface area contributed by atoms with E-state index in [0.29, 0.717) is 17.1 Å². The van der Waals surface area contributed by atoms with Crippen molar-refractivity contribution < 1.29 is 14.4 Å². The molecule has 0 bridgehead atoms. The van der Waals surface area contributed by atoms with Crippen LogP contribution >= 0.6 is 23.2 Å². The summed E-state index contributed by atoms with van der Waals surface area (Å²) in [6.45, 7) is 4.83. The summed E-state index contributed by atoms with van der Waals surface area (Å²) in [4.78, 5) is 37.7. The van der Waals surface area contributed by atoms with Crippen molar-refractivity contribution in [2.24, 2.45) is 5.92 Å². The van der Waals surface area contributed by atoms with Crippen molar-refractivity contribution in [3.8, 4) is 0 Å². The highest BCUT2D eigenvalue weighted by Crippen LogP contribution is 2.21. The molecule has 0 aliphatic carbocycles. The van der Waals surface area contributed by atoms with Crippen molar-refractivity contribution in [2.45, 2.75) is 26.3 Å². The SMILES string of the molecule is CC(C)N1CC(C(=O)NCCNC(=O)c2ccc(Cl)cc2Cl)CC1=O. The number of amides is 3. The summed E-state index contributed by atoms with van der Waals surface area (Å²) in [5.74, 6) is -0.842. The molecule has 1 aromatic carbocycles. The Morgan fingerprint density at radius 1 is 1.24 bits per heavy atom. The van der Waals surface area contributed by atoms with Crippen molar-refractivity contribution in [3.63, 3.8) is 0 Å². The van der Waals surface area contributed by atoms with Gasteiger partial charge < -0.3 is 15.5 Å². The first-order valence-corrected chi connectivity index (χ1v) is 8.85. The second-order valence-corrected chi connectivity index (χ2v) is 7.06. The Labute approximate surface area is 156 Å². The maximum Gasteiger partial charge on any atom is 0.252 e. The number of likely N-dealkylation sites (tertiary alicyclic amines) is 1. The second kappa shape index (κ2) is 8.54. The third-order valence-corrected chi connectivity index (χ3v) is 4.59. The number of carbonyl (C=O) groups excluding carboxylic acids is 3. The van der Waals surface area contributed by atoms with Gasteiger partial charge in [-0.2, -0.15) is 0 Å². The van der Waals surface area contributed by atoms with Crippen LogP contribution in [0.25, 0.3) is 0 Å². The van der Waals surface area contributed by atoms with Gasteiger partial charge in [0.2, 0.25) is 11.8 Å². The van der Waals surface area contributed by atoms with E-state index in [0.717, 1.165) is 0 Å². The molecule has 1 heterocycles. The van der Waals surface area contributed by atoms with E-state index in [1.165, 1.54) is 6.07 Å². The summed E-state index contributed by atoms with van der Waals surface area (Å²) in [5, 5.41) is 6.16. The molecule has 1 atom stereocenters. The molecule has 0 spiro atoms. The van der Waals surface area contributed by atoms with E-state index in [1.54, 1.807) is 17.0 Å². The molecule has 25 heavy (non-hydrogen) atoms. The molecule has 0 aromatic heterocycles. The number of hydrogen-bond acceptors (Lipinski definition) is 3. The van der Waals surface area contributed by atoms with Gasteiger partial charge in [-0.05, 0) is 32.0 Å². The first kappa shape index (κ1) is 19.5. The van der Waals surface area contributed by atoms with Crippen LogP contribution in [0.15, 0.2) is 18.2 Å². The summed E-state index contributed by atoms with van der Waals surface area (Å²) in [5.41, 5.74) is 0.325. The maximum absolute atomic E-state index is 12.1. The predicted octanol–water partition coefficient (Wildman–Crippen LogP) is 2.10. The molecule has 2 rings (SSSR count). The molecule has 1 aromatic rings. The van der Waals surface area contributed by atoms with Gasteiger partial charge in [-0.3, -0.25) is 14.4 Å². The van der Waals surface area contributed by atoms with E-state index in [4.69, 9.17) is 23.2 Å². The average Bonchev–Trinajstić information content (AvgIpc) is 2.93. The zero-order chi connectivity index (χ0) is 18.6. The van der Waals surface area contributed by atoms with Crippen molar-refractivity contribution in [1.82, 2.24) is 15.5 Å². The number of nitrogens with zero attached hydrogens (tertiary/aromatic N) is 1. The molecule has 3 amide bonds. The van der Waals surface area contributed by atoms with Gasteiger partial charge in [-0.25, -0.2) is 0 Å². The number of halogens is 2. The highest BCUT2D eigenvalue weighted by atomic mass is 35.5. The molecule has 1 unspecified atom stereocenters. The molecular formula is C17H21Cl2N3O3. The van der Waals surface area contributed by atoms with Crippen molar-refractivity contribution in [2.75, 3.05) is 19.6 Å². The van der Waals surface area contributed by atoms with Gasteiger partial charge in [-0.1, -0.05) is 23.2 Å². The van der Waals surface area contributed by atoms with Crippen LogP contribution in [0.1, 0.15) is 30.6 Å².